The van der Waals surface area contributed by atoms with E-state index in [0.29, 0.717) is 11.7 Å². The maximum absolute atomic E-state index is 10.6. The standard InChI is InChI=1S/C17H20N4O2/c1-4-20(13(2)3)16-9-5-14(6-10-16)18-19-15-7-11-17(12-8-15)21(22)23/h5-13H,4H2,1-3H3. The van der Waals surface area contributed by atoms with Crippen LogP contribution >= 0.6 is 0 Å². The zero-order valence-electron chi connectivity index (χ0n) is 13.5. The molecular weight excluding hydrogens is 292 g/mol. The van der Waals surface area contributed by atoms with Crippen LogP contribution in [-0.2, 0) is 0 Å². The first kappa shape index (κ1) is 16.6. The van der Waals surface area contributed by atoms with Gasteiger partial charge in [-0.2, -0.15) is 10.2 Å². The number of azo groups is 1. The average Bonchev–Trinajstić information content (AvgIpc) is 2.55. The van der Waals surface area contributed by atoms with Gasteiger partial charge >= 0.3 is 0 Å². The Balaban J connectivity index is 2.09. The molecule has 2 aromatic carbocycles. The molecule has 0 fully saturated rings. The van der Waals surface area contributed by atoms with E-state index in [9.17, 15) is 10.1 Å². The summed E-state index contributed by atoms with van der Waals surface area (Å²) in [5, 5.41) is 18.9. The van der Waals surface area contributed by atoms with Crippen LogP contribution in [0.4, 0.5) is 22.7 Å². The second-order valence-electron chi connectivity index (χ2n) is 5.37. The lowest BCUT2D eigenvalue weighted by Gasteiger charge is -2.27. The van der Waals surface area contributed by atoms with Crippen LogP contribution in [0.1, 0.15) is 20.8 Å². The van der Waals surface area contributed by atoms with Crippen LogP contribution in [0.25, 0.3) is 0 Å². The molecule has 2 rings (SSSR count). The molecule has 6 heteroatoms. The molecule has 0 bridgehead atoms. The molecule has 0 N–H and O–H groups in total. The topological polar surface area (TPSA) is 71.1 Å². The Morgan fingerprint density at radius 3 is 1.87 bits per heavy atom. The number of rotatable bonds is 6. The van der Waals surface area contributed by atoms with Crippen molar-refractivity contribution in [1.82, 2.24) is 0 Å². The van der Waals surface area contributed by atoms with E-state index < -0.39 is 4.92 Å². The second-order valence-corrected chi connectivity index (χ2v) is 5.37. The Morgan fingerprint density at radius 1 is 1.00 bits per heavy atom. The maximum Gasteiger partial charge on any atom is 0.269 e. The maximum atomic E-state index is 10.6. The highest BCUT2D eigenvalue weighted by Gasteiger charge is 2.07. The third kappa shape index (κ3) is 4.35. The Hall–Kier alpha value is -2.76. The van der Waals surface area contributed by atoms with Gasteiger partial charge in [0.05, 0.1) is 16.3 Å². The second kappa shape index (κ2) is 7.49. The minimum Gasteiger partial charge on any atom is -0.369 e. The fraction of sp³-hybridized carbons (Fsp3) is 0.294. The van der Waals surface area contributed by atoms with Crippen molar-refractivity contribution in [2.45, 2.75) is 26.8 Å². The number of hydrogen-bond donors (Lipinski definition) is 0. The SMILES string of the molecule is CCN(c1ccc(N=Nc2ccc([N+](=O)[O-])cc2)cc1)C(C)C. The van der Waals surface area contributed by atoms with Crippen LogP contribution in [0.3, 0.4) is 0 Å². The predicted octanol–water partition coefficient (Wildman–Crippen LogP) is 5.24. The lowest BCUT2D eigenvalue weighted by molar-refractivity contribution is -0.384. The minimum absolute atomic E-state index is 0.0432. The summed E-state index contributed by atoms with van der Waals surface area (Å²) in [5.74, 6) is 0. The van der Waals surface area contributed by atoms with Gasteiger partial charge in [-0.05, 0) is 57.2 Å². The average molecular weight is 312 g/mol. The molecule has 0 amide bonds. The number of anilines is 1. The van der Waals surface area contributed by atoms with Crippen molar-refractivity contribution >= 4 is 22.7 Å². The van der Waals surface area contributed by atoms with Crippen LogP contribution < -0.4 is 4.90 Å². The molecule has 2 aromatic rings. The van der Waals surface area contributed by atoms with Gasteiger partial charge in [0.1, 0.15) is 0 Å². The first-order valence-electron chi connectivity index (χ1n) is 7.54. The number of nitro benzene ring substituents is 1. The van der Waals surface area contributed by atoms with Crippen LogP contribution in [0.2, 0.25) is 0 Å². The van der Waals surface area contributed by atoms with E-state index in [4.69, 9.17) is 0 Å². The normalized spacial score (nSPS) is 11.1. The Bertz CT molecular complexity index is 679. The highest BCUT2D eigenvalue weighted by molar-refractivity contribution is 5.53. The van der Waals surface area contributed by atoms with Crippen molar-refractivity contribution in [3.63, 3.8) is 0 Å². The van der Waals surface area contributed by atoms with Crippen molar-refractivity contribution in [3.05, 3.63) is 58.6 Å². The fourth-order valence-corrected chi connectivity index (χ4v) is 2.31. The van der Waals surface area contributed by atoms with E-state index >= 15 is 0 Å². The molecule has 0 radical (unpaired) electrons. The molecule has 0 saturated heterocycles. The van der Waals surface area contributed by atoms with Gasteiger partial charge in [-0.3, -0.25) is 10.1 Å². The predicted molar refractivity (Wildman–Crippen MR) is 91.9 cm³/mol. The van der Waals surface area contributed by atoms with E-state index in [-0.39, 0.29) is 5.69 Å². The molecule has 0 heterocycles. The highest BCUT2D eigenvalue weighted by Crippen LogP contribution is 2.24. The molecular formula is C17H20N4O2. The Kier molecular flexibility index (Phi) is 5.41. The van der Waals surface area contributed by atoms with Crippen LogP contribution in [0.5, 0.6) is 0 Å². The number of nitrogens with zero attached hydrogens (tertiary/aromatic N) is 4. The quantitative estimate of drug-likeness (QED) is 0.416. The van der Waals surface area contributed by atoms with E-state index in [1.54, 1.807) is 12.1 Å². The smallest absolute Gasteiger partial charge is 0.269 e. The third-order valence-electron chi connectivity index (χ3n) is 3.49. The van der Waals surface area contributed by atoms with Crippen molar-refractivity contribution in [2.24, 2.45) is 10.2 Å². The van der Waals surface area contributed by atoms with Crippen molar-refractivity contribution in [2.75, 3.05) is 11.4 Å². The summed E-state index contributed by atoms with van der Waals surface area (Å²) >= 11 is 0. The summed E-state index contributed by atoms with van der Waals surface area (Å²) in [7, 11) is 0. The number of benzene rings is 2. The first-order chi connectivity index (χ1) is 11.0. The van der Waals surface area contributed by atoms with Crippen molar-refractivity contribution in [3.8, 4) is 0 Å². The van der Waals surface area contributed by atoms with Crippen LogP contribution in [0, 0.1) is 10.1 Å². The monoisotopic (exact) mass is 312 g/mol. The molecule has 0 aromatic heterocycles. The van der Waals surface area contributed by atoms with Gasteiger partial charge in [-0.15, -0.1) is 0 Å². The number of hydrogen-bond acceptors (Lipinski definition) is 5. The Labute approximate surface area is 135 Å². The lowest BCUT2D eigenvalue weighted by Crippen LogP contribution is -2.30. The first-order valence-corrected chi connectivity index (χ1v) is 7.54. The van der Waals surface area contributed by atoms with Gasteiger partial charge in [0.15, 0.2) is 0 Å². The molecule has 0 unspecified atom stereocenters. The summed E-state index contributed by atoms with van der Waals surface area (Å²) < 4.78 is 0. The van der Waals surface area contributed by atoms with Gasteiger partial charge in [0.2, 0.25) is 0 Å². The van der Waals surface area contributed by atoms with Gasteiger partial charge < -0.3 is 4.90 Å². The van der Waals surface area contributed by atoms with Gasteiger partial charge in [0.25, 0.3) is 5.69 Å². The molecule has 23 heavy (non-hydrogen) atoms. The van der Waals surface area contributed by atoms with Crippen LogP contribution in [0.15, 0.2) is 58.8 Å². The number of nitro groups is 1. The minimum atomic E-state index is -0.437. The fourth-order valence-electron chi connectivity index (χ4n) is 2.31. The van der Waals surface area contributed by atoms with E-state index in [0.717, 1.165) is 17.9 Å². The molecule has 6 nitrogen and oxygen atoms in total. The number of non-ortho nitro benzene ring substituents is 1. The van der Waals surface area contributed by atoms with Crippen molar-refractivity contribution < 1.29 is 4.92 Å². The zero-order chi connectivity index (χ0) is 16.8. The molecule has 0 spiro atoms. The molecule has 0 atom stereocenters. The lowest BCUT2D eigenvalue weighted by atomic mass is 10.2. The summed E-state index contributed by atoms with van der Waals surface area (Å²) in [4.78, 5) is 12.5. The van der Waals surface area contributed by atoms with Gasteiger partial charge in [0, 0.05) is 30.4 Å². The zero-order valence-corrected chi connectivity index (χ0v) is 13.5. The summed E-state index contributed by atoms with van der Waals surface area (Å²) in [6.07, 6.45) is 0. The van der Waals surface area contributed by atoms with E-state index in [2.05, 4.69) is 35.9 Å². The summed E-state index contributed by atoms with van der Waals surface area (Å²) in [5.41, 5.74) is 2.52. The summed E-state index contributed by atoms with van der Waals surface area (Å²) in [6, 6.07) is 14.3. The van der Waals surface area contributed by atoms with Gasteiger partial charge in [-0.25, -0.2) is 0 Å². The molecule has 0 saturated carbocycles. The van der Waals surface area contributed by atoms with Gasteiger partial charge in [-0.1, -0.05) is 0 Å². The molecule has 120 valence electrons. The molecule has 0 aliphatic carbocycles. The van der Waals surface area contributed by atoms with E-state index in [1.165, 1.54) is 12.1 Å². The van der Waals surface area contributed by atoms with Crippen LogP contribution in [-0.4, -0.2) is 17.5 Å². The third-order valence-corrected chi connectivity index (χ3v) is 3.49. The Morgan fingerprint density at radius 2 is 1.48 bits per heavy atom. The largest absolute Gasteiger partial charge is 0.369 e. The molecule has 0 aliphatic heterocycles. The summed E-state index contributed by atoms with van der Waals surface area (Å²) in [6.45, 7) is 7.39. The van der Waals surface area contributed by atoms with E-state index in [1.807, 2.05) is 24.3 Å². The highest BCUT2D eigenvalue weighted by atomic mass is 16.6. The molecule has 0 aliphatic rings. The van der Waals surface area contributed by atoms with Crippen molar-refractivity contribution in [1.29, 1.82) is 0 Å².